The van der Waals surface area contributed by atoms with Gasteiger partial charge in [0.2, 0.25) is 0 Å². The van der Waals surface area contributed by atoms with Crippen LogP contribution in [0.4, 0.5) is 11.4 Å². The maximum Gasteiger partial charge on any atom is 0.286 e. The van der Waals surface area contributed by atoms with E-state index in [1.165, 1.54) is 40.9 Å². The number of nitro groups is 2. The Morgan fingerprint density at radius 2 is 1.78 bits per heavy atom. The van der Waals surface area contributed by atoms with Crippen LogP contribution in [0.5, 0.6) is 0 Å². The van der Waals surface area contributed by atoms with Crippen LogP contribution in [0.25, 0.3) is 16.9 Å². The van der Waals surface area contributed by atoms with Gasteiger partial charge in [0, 0.05) is 23.8 Å². The lowest BCUT2D eigenvalue weighted by Crippen LogP contribution is -1.96. The molecule has 0 bridgehead atoms. The zero-order chi connectivity index (χ0) is 16.6. The number of hydrogen-bond acceptors (Lipinski definition) is 6. The Morgan fingerprint density at radius 3 is 2.43 bits per heavy atom. The number of non-ortho nitro benzene ring substituents is 1. The number of benzene rings is 1. The summed E-state index contributed by atoms with van der Waals surface area (Å²) in [5.41, 5.74) is 0.700. The maximum atomic E-state index is 11.4. The summed E-state index contributed by atoms with van der Waals surface area (Å²) in [6, 6.07) is 8.36. The molecule has 0 atom stereocenters. The number of rotatable bonds is 4. The molecule has 0 aliphatic heterocycles. The fraction of sp³-hybridized carbons (Fsp3) is 0. The zero-order valence-electron chi connectivity index (χ0n) is 11.4. The van der Waals surface area contributed by atoms with Crippen LogP contribution in [0.15, 0.2) is 42.6 Å². The molecule has 0 aliphatic rings. The van der Waals surface area contributed by atoms with Crippen LogP contribution in [0, 0.1) is 20.2 Å². The molecule has 2 aromatic heterocycles. The van der Waals surface area contributed by atoms with Crippen molar-refractivity contribution in [3.63, 3.8) is 0 Å². The molecule has 0 saturated heterocycles. The molecule has 0 spiro atoms. The molecule has 9 nitrogen and oxygen atoms in total. The van der Waals surface area contributed by atoms with E-state index in [0.717, 1.165) is 0 Å². The average Bonchev–Trinajstić information content (AvgIpc) is 2.92. The van der Waals surface area contributed by atoms with E-state index in [2.05, 4.69) is 4.98 Å². The van der Waals surface area contributed by atoms with E-state index in [4.69, 9.17) is 0 Å². The van der Waals surface area contributed by atoms with Crippen LogP contribution in [-0.4, -0.2) is 25.5 Å². The third-order valence-corrected chi connectivity index (χ3v) is 3.29. The second kappa shape index (κ2) is 5.30. The maximum absolute atomic E-state index is 11.4. The number of pyridine rings is 1. The first-order valence-electron chi connectivity index (χ1n) is 6.38. The highest BCUT2D eigenvalue weighted by Crippen LogP contribution is 2.27. The molecule has 0 amide bonds. The van der Waals surface area contributed by atoms with Crippen molar-refractivity contribution >= 4 is 23.3 Å². The highest BCUT2D eigenvalue weighted by molar-refractivity contribution is 5.86. The summed E-state index contributed by atoms with van der Waals surface area (Å²) in [5, 5.41) is 21.7. The number of carbonyl (C=O) groups is 1. The minimum absolute atomic E-state index is 0.0872. The molecule has 3 aromatic rings. The summed E-state index contributed by atoms with van der Waals surface area (Å²) >= 11 is 0. The van der Waals surface area contributed by atoms with Crippen molar-refractivity contribution < 1.29 is 14.6 Å². The molecular weight excluding hydrogens is 304 g/mol. The lowest BCUT2D eigenvalue weighted by atomic mass is 10.1. The first-order valence-corrected chi connectivity index (χ1v) is 6.38. The Kier molecular flexibility index (Phi) is 3.30. The zero-order valence-corrected chi connectivity index (χ0v) is 11.4. The van der Waals surface area contributed by atoms with E-state index in [1.54, 1.807) is 6.07 Å². The minimum atomic E-state index is -0.582. The van der Waals surface area contributed by atoms with Gasteiger partial charge < -0.3 is 0 Å². The summed E-state index contributed by atoms with van der Waals surface area (Å²) in [6.07, 6.45) is 1.70. The molecule has 0 saturated carbocycles. The Morgan fingerprint density at radius 1 is 1.04 bits per heavy atom. The molecule has 114 valence electrons. The number of carbonyl (C=O) groups excluding carboxylic acids is 1. The Labute approximate surface area is 128 Å². The molecule has 0 unspecified atom stereocenters. The van der Waals surface area contributed by atoms with Crippen molar-refractivity contribution in [3.8, 4) is 11.3 Å². The molecule has 1 aromatic carbocycles. The van der Waals surface area contributed by atoms with Crippen LogP contribution in [-0.2, 0) is 0 Å². The molecular formula is C14H8N4O5. The van der Waals surface area contributed by atoms with E-state index < -0.39 is 9.85 Å². The van der Waals surface area contributed by atoms with Gasteiger partial charge in [0.05, 0.1) is 16.0 Å². The summed E-state index contributed by atoms with van der Waals surface area (Å²) in [4.78, 5) is 36.2. The van der Waals surface area contributed by atoms with Crippen molar-refractivity contribution in [2.24, 2.45) is 0 Å². The Bertz CT molecular complexity index is 963. The third-order valence-electron chi connectivity index (χ3n) is 3.29. The number of aromatic nitrogens is 2. The van der Waals surface area contributed by atoms with Crippen LogP contribution in [0.3, 0.4) is 0 Å². The number of hydrogen-bond donors (Lipinski definition) is 0. The topological polar surface area (TPSA) is 121 Å². The predicted molar refractivity (Wildman–Crippen MR) is 79.3 cm³/mol. The van der Waals surface area contributed by atoms with Crippen LogP contribution in [0.2, 0.25) is 0 Å². The SMILES string of the molecule is O=Cc1c(-c2cccc([N+](=O)[O-])c2)nc2ccc([N+](=O)[O-])cn12. The number of nitrogens with zero attached hydrogens (tertiary/aromatic N) is 4. The first kappa shape index (κ1) is 14.3. The second-order valence-electron chi connectivity index (χ2n) is 4.64. The lowest BCUT2D eigenvalue weighted by molar-refractivity contribution is -0.385. The minimum Gasteiger partial charge on any atom is -0.296 e. The van der Waals surface area contributed by atoms with Gasteiger partial charge in [-0.3, -0.25) is 29.4 Å². The van der Waals surface area contributed by atoms with Crippen LogP contribution >= 0.6 is 0 Å². The van der Waals surface area contributed by atoms with Crippen molar-refractivity contribution in [1.82, 2.24) is 9.38 Å². The molecule has 9 heteroatoms. The number of aldehydes is 1. The first-order chi connectivity index (χ1) is 11.0. The average molecular weight is 312 g/mol. The van der Waals surface area contributed by atoms with Crippen molar-refractivity contribution in [3.05, 3.63) is 68.5 Å². The van der Waals surface area contributed by atoms with Crippen LogP contribution in [0.1, 0.15) is 10.5 Å². The highest BCUT2D eigenvalue weighted by Gasteiger charge is 2.18. The fourth-order valence-corrected chi connectivity index (χ4v) is 2.25. The largest absolute Gasteiger partial charge is 0.296 e. The van der Waals surface area contributed by atoms with Gasteiger partial charge in [-0.05, 0) is 6.07 Å². The summed E-state index contributed by atoms with van der Waals surface area (Å²) in [6.45, 7) is 0. The molecule has 0 aliphatic carbocycles. The molecule has 2 heterocycles. The van der Waals surface area contributed by atoms with E-state index in [9.17, 15) is 25.0 Å². The van der Waals surface area contributed by atoms with Gasteiger partial charge in [0.15, 0.2) is 6.29 Å². The molecule has 0 fully saturated rings. The van der Waals surface area contributed by atoms with Gasteiger partial charge in [-0.2, -0.15) is 0 Å². The Balaban J connectivity index is 2.25. The summed E-state index contributed by atoms with van der Waals surface area (Å²) in [7, 11) is 0. The smallest absolute Gasteiger partial charge is 0.286 e. The molecule has 23 heavy (non-hydrogen) atoms. The van der Waals surface area contributed by atoms with E-state index >= 15 is 0 Å². The fourth-order valence-electron chi connectivity index (χ4n) is 2.25. The van der Waals surface area contributed by atoms with Crippen molar-refractivity contribution in [2.75, 3.05) is 0 Å². The highest BCUT2D eigenvalue weighted by atomic mass is 16.6. The summed E-state index contributed by atoms with van der Waals surface area (Å²) in [5.74, 6) is 0. The predicted octanol–water partition coefficient (Wildman–Crippen LogP) is 2.63. The van der Waals surface area contributed by atoms with Crippen LogP contribution < -0.4 is 0 Å². The Hall–Kier alpha value is -3.62. The normalized spacial score (nSPS) is 10.6. The molecule has 0 N–H and O–H groups in total. The second-order valence-corrected chi connectivity index (χ2v) is 4.64. The van der Waals surface area contributed by atoms with Gasteiger partial charge in [0.1, 0.15) is 17.0 Å². The number of fused-ring (bicyclic) bond motifs is 1. The van der Waals surface area contributed by atoms with Gasteiger partial charge in [-0.25, -0.2) is 4.98 Å². The van der Waals surface area contributed by atoms with Gasteiger partial charge in [-0.15, -0.1) is 0 Å². The van der Waals surface area contributed by atoms with Crippen molar-refractivity contribution in [1.29, 1.82) is 0 Å². The van der Waals surface area contributed by atoms with E-state index in [1.807, 2.05) is 0 Å². The van der Waals surface area contributed by atoms with E-state index in [-0.39, 0.29) is 22.8 Å². The molecule has 3 rings (SSSR count). The third kappa shape index (κ3) is 2.39. The lowest BCUT2D eigenvalue weighted by Gasteiger charge is -1.99. The van der Waals surface area contributed by atoms with Gasteiger partial charge in [-0.1, -0.05) is 12.1 Å². The van der Waals surface area contributed by atoms with E-state index in [0.29, 0.717) is 17.5 Å². The van der Waals surface area contributed by atoms with Gasteiger partial charge >= 0.3 is 0 Å². The number of nitro benzene ring substituents is 1. The quantitative estimate of drug-likeness (QED) is 0.415. The van der Waals surface area contributed by atoms with Gasteiger partial charge in [0.25, 0.3) is 11.4 Å². The monoisotopic (exact) mass is 312 g/mol. The van der Waals surface area contributed by atoms with Crippen molar-refractivity contribution in [2.45, 2.75) is 0 Å². The standard InChI is InChI=1S/C14H8N4O5/c19-8-12-14(9-2-1-3-10(6-9)17(20)21)15-13-5-4-11(18(22)23)7-16(12)13/h1-8H. The molecule has 0 radical (unpaired) electrons. The summed E-state index contributed by atoms with van der Waals surface area (Å²) < 4.78 is 1.29. The number of imidazole rings is 1.